The normalized spacial score (nSPS) is 10.5. The first kappa shape index (κ1) is 15.3. The molecule has 2 aromatic rings. The lowest BCUT2D eigenvalue weighted by atomic mass is 10.3. The summed E-state index contributed by atoms with van der Waals surface area (Å²) in [5.41, 5.74) is 0.784. The zero-order valence-electron chi connectivity index (χ0n) is 11.8. The fourth-order valence-electron chi connectivity index (χ4n) is 1.65. The number of thioether (sulfide) groups is 1. The quantitative estimate of drug-likeness (QED) is 0.451. The summed E-state index contributed by atoms with van der Waals surface area (Å²) in [6.45, 7) is 2.78. The first-order valence-corrected chi connectivity index (χ1v) is 7.71. The van der Waals surface area contributed by atoms with Crippen molar-refractivity contribution in [2.75, 3.05) is 18.1 Å². The predicted molar refractivity (Wildman–Crippen MR) is 82.0 cm³/mol. The topological polar surface area (TPSA) is 98.7 Å². The molecule has 0 radical (unpaired) electrons. The maximum absolute atomic E-state index is 11.6. The molecule has 2 rings (SSSR count). The van der Waals surface area contributed by atoms with Crippen molar-refractivity contribution in [3.63, 3.8) is 0 Å². The van der Waals surface area contributed by atoms with Gasteiger partial charge in [-0.2, -0.15) is 0 Å². The van der Waals surface area contributed by atoms with Crippen LogP contribution in [0.1, 0.15) is 19.8 Å². The molecule has 21 heavy (non-hydrogen) atoms. The Hall–Kier alpha value is -2.09. The number of nitrogens with zero attached hydrogens (tertiary/aromatic N) is 4. The van der Waals surface area contributed by atoms with Gasteiger partial charge < -0.3 is 11.2 Å². The Morgan fingerprint density at radius 1 is 1.48 bits per heavy atom. The first-order valence-electron chi connectivity index (χ1n) is 6.72. The van der Waals surface area contributed by atoms with Gasteiger partial charge in [0.25, 0.3) is 0 Å². The van der Waals surface area contributed by atoms with Crippen LogP contribution in [0.25, 0.3) is 11.4 Å². The summed E-state index contributed by atoms with van der Waals surface area (Å²) in [6, 6.07) is 3.66. The van der Waals surface area contributed by atoms with E-state index < -0.39 is 0 Å². The summed E-state index contributed by atoms with van der Waals surface area (Å²) < 4.78 is 1.38. The van der Waals surface area contributed by atoms with E-state index in [1.165, 1.54) is 16.4 Å². The molecule has 0 aromatic carbocycles. The molecule has 0 saturated carbocycles. The second kappa shape index (κ2) is 7.63. The van der Waals surface area contributed by atoms with Crippen molar-refractivity contribution in [3.8, 4) is 11.4 Å². The van der Waals surface area contributed by atoms with E-state index in [1.54, 1.807) is 18.5 Å². The predicted octanol–water partition coefficient (Wildman–Crippen LogP) is 1.06. The summed E-state index contributed by atoms with van der Waals surface area (Å²) in [4.78, 5) is 15.7. The minimum absolute atomic E-state index is 0.0284. The zero-order valence-corrected chi connectivity index (χ0v) is 12.6. The van der Waals surface area contributed by atoms with Gasteiger partial charge in [-0.05, 0) is 18.6 Å². The zero-order chi connectivity index (χ0) is 15.1. The molecule has 0 bridgehead atoms. The molecule has 0 saturated heterocycles. The molecule has 0 atom stereocenters. The highest BCUT2D eigenvalue weighted by Crippen LogP contribution is 2.20. The number of unbranched alkanes of at least 4 members (excludes halogenated alkanes) is 1. The number of carbonyl (C=O) groups is 1. The molecule has 0 fully saturated rings. The molecule has 112 valence electrons. The average molecular weight is 306 g/mol. The van der Waals surface area contributed by atoms with Crippen molar-refractivity contribution < 1.29 is 4.79 Å². The first-order chi connectivity index (χ1) is 10.2. The van der Waals surface area contributed by atoms with Gasteiger partial charge in [0.2, 0.25) is 11.1 Å². The van der Waals surface area contributed by atoms with Gasteiger partial charge in [0.15, 0.2) is 5.82 Å². The van der Waals surface area contributed by atoms with Crippen LogP contribution in [-0.4, -0.2) is 38.1 Å². The molecule has 7 nitrogen and oxygen atoms in total. The Labute approximate surface area is 127 Å². The third kappa shape index (κ3) is 4.19. The highest BCUT2D eigenvalue weighted by Gasteiger charge is 2.13. The molecule has 2 heterocycles. The van der Waals surface area contributed by atoms with Gasteiger partial charge >= 0.3 is 0 Å². The molecular weight excluding hydrogens is 288 g/mol. The van der Waals surface area contributed by atoms with Crippen LogP contribution >= 0.6 is 11.8 Å². The molecule has 2 aromatic heterocycles. The molecule has 1 amide bonds. The number of nitrogens with two attached hydrogens (primary N) is 1. The number of rotatable bonds is 7. The SMILES string of the molecule is CCCCNC(=O)CSc1nnc(-c2cccnc2)n1N. The number of aromatic nitrogens is 4. The van der Waals surface area contributed by atoms with Crippen LogP contribution in [0, 0.1) is 0 Å². The Balaban J connectivity index is 1.93. The van der Waals surface area contributed by atoms with Gasteiger partial charge in [0.1, 0.15) is 0 Å². The molecule has 0 unspecified atom stereocenters. The summed E-state index contributed by atoms with van der Waals surface area (Å²) in [6.07, 6.45) is 5.38. The van der Waals surface area contributed by atoms with Gasteiger partial charge in [-0.1, -0.05) is 25.1 Å². The van der Waals surface area contributed by atoms with Gasteiger partial charge in [-0.3, -0.25) is 9.78 Å². The van der Waals surface area contributed by atoms with Crippen molar-refractivity contribution in [3.05, 3.63) is 24.5 Å². The summed E-state index contributed by atoms with van der Waals surface area (Å²) in [5.74, 6) is 6.72. The van der Waals surface area contributed by atoms with E-state index in [0.29, 0.717) is 17.5 Å². The molecule has 0 spiro atoms. The molecule has 0 aliphatic carbocycles. The average Bonchev–Trinajstić information content (AvgIpc) is 2.87. The second-order valence-electron chi connectivity index (χ2n) is 4.41. The van der Waals surface area contributed by atoms with Crippen molar-refractivity contribution >= 4 is 17.7 Å². The highest BCUT2D eigenvalue weighted by molar-refractivity contribution is 7.99. The third-order valence-electron chi connectivity index (χ3n) is 2.77. The number of carbonyl (C=O) groups excluding carboxylic acids is 1. The van der Waals surface area contributed by atoms with Crippen molar-refractivity contribution in [2.24, 2.45) is 0 Å². The van der Waals surface area contributed by atoms with E-state index in [9.17, 15) is 4.79 Å². The second-order valence-corrected chi connectivity index (χ2v) is 5.35. The Bertz CT molecular complexity index is 586. The van der Waals surface area contributed by atoms with E-state index >= 15 is 0 Å². The molecule has 8 heteroatoms. The number of pyridine rings is 1. The lowest BCUT2D eigenvalue weighted by Crippen LogP contribution is -2.26. The summed E-state index contributed by atoms with van der Waals surface area (Å²) in [5, 5.41) is 11.4. The molecule has 3 N–H and O–H groups in total. The van der Waals surface area contributed by atoms with Crippen LogP contribution < -0.4 is 11.2 Å². The fraction of sp³-hybridized carbons (Fsp3) is 0.385. The van der Waals surface area contributed by atoms with Gasteiger partial charge in [0, 0.05) is 24.5 Å². The smallest absolute Gasteiger partial charge is 0.230 e. The van der Waals surface area contributed by atoms with Crippen molar-refractivity contribution in [1.29, 1.82) is 0 Å². The van der Waals surface area contributed by atoms with Crippen molar-refractivity contribution in [2.45, 2.75) is 24.9 Å². The molecular formula is C13H18N6OS. The van der Waals surface area contributed by atoms with E-state index in [1.807, 2.05) is 6.07 Å². The lowest BCUT2D eigenvalue weighted by molar-refractivity contribution is -0.118. The van der Waals surface area contributed by atoms with Crippen LogP contribution in [0.4, 0.5) is 0 Å². The van der Waals surface area contributed by atoms with Crippen molar-refractivity contribution in [1.82, 2.24) is 25.2 Å². The van der Waals surface area contributed by atoms with E-state index in [2.05, 4.69) is 27.4 Å². The Morgan fingerprint density at radius 3 is 3.05 bits per heavy atom. The molecule has 0 aliphatic heterocycles. The lowest BCUT2D eigenvalue weighted by Gasteiger charge is -2.04. The van der Waals surface area contributed by atoms with Crippen LogP contribution in [0.2, 0.25) is 0 Å². The fourth-order valence-corrected chi connectivity index (χ4v) is 2.34. The minimum Gasteiger partial charge on any atom is -0.355 e. The minimum atomic E-state index is -0.0284. The Kier molecular flexibility index (Phi) is 5.56. The van der Waals surface area contributed by atoms with E-state index in [4.69, 9.17) is 5.84 Å². The van der Waals surface area contributed by atoms with Crippen LogP contribution in [-0.2, 0) is 4.79 Å². The van der Waals surface area contributed by atoms with Gasteiger partial charge in [-0.15, -0.1) is 10.2 Å². The maximum Gasteiger partial charge on any atom is 0.230 e. The monoisotopic (exact) mass is 306 g/mol. The van der Waals surface area contributed by atoms with E-state index in [0.717, 1.165) is 18.4 Å². The number of nitrogens with one attached hydrogen (secondary N) is 1. The van der Waals surface area contributed by atoms with Crippen LogP contribution in [0.5, 0.6) is 0 Å². The number of hydrogen-bond donors (Lipinski definition) is 2. The third-order valence-corrected chi connectivity index (χ3v) is 3.71. The number of nitrogen functional groups attached to an aromatic ring is 1. The van der Waals surface area contributed by atoms with Crippen LogP contribution in [0.3, 0.4) is 0 Å². The van der Waals surface area contributed by atoms with Gasteiger partial charge in [0.05, 0.1) is 5.75 Å². The summed E-state index contributed by atoms with van der Waals surface area (Å²) >= 11 is 1.26. The van der Waals surface area contributed by atoms with Crippen LogP contribution in [0.15, 0.2) is 29.7 Å². The standard InChI is InChI=1S/C13H18N6OS/c1-2-3-7-16-11(20)9-21-13-18-17-12(19(13)14)10-5-4-6-15-8-10/h4-6,8H,2-3,7,9,14H2,1H3,(H,16,20). The largest absolute Gasteiger partial charge is 0.355 e. The number of amides is 1. The van der Waals surface area contributed by atoms with Gasteiger partial charge in [-0.25, -0.2) is 4.68 Å². The van der Waals surface area contributed by atoms with E-state index in [-0.39, 0.29) is 11.7 Å². The Morgan fingerprint density at radius 2 is 2.33 bits per heavy atom. The number of hydrogen-bond acceptors (Lipinski definition) is 6. The maximum atomic E-state index is 11.6. The highest BCUT2D eigenvalue weighted by atomic mass is 32.2. The molecule has 0 aliphatic rings. The summed E-state index contributed by atoms with van der Waals surface area (Å²) in [7, 11) is 0.